The number of aliphatic hydroxyl groups is 1. The molecule has 1 aromatic rings. The summed E-state index contributed by atoms with van der Waals surface area (Å²) in [5.74, 6) is 0. The Bertz CT molecular complexity index is 378. The first-order valence-electron chi connectivity index (χ1n) is 5.05. The highest BCUT2D eigenvalue weighted by Gasteiger charge is 2.31. The van der Waals surface area contributed by atoms with E-state index in [2.05, 4.69) is 5.32 Å². The largest absolute Gasteiger partial charge is 0.416 e. The molecule has 0 saturated carbocycles. The second-order valence-corrected chi connectivity index (χ2v) is 3.97. The molecule has 0 radical (unpaired) electrons. The lowest BCUT2D eigenvalue weighted by Crippen LogP contribution is -2.15. The normalized spacial score (nSPS) is 26.0. The van der Waals surface area contributed by atoms with E-state index in [1.807, 2.05) is 0 Å². The molecule has 1 aliphatic heterocycles. The van der Waals surface area contributed by atoms with Crippen LogP contribution in [0.3, 0.4) is 0 Å². The fourth-order valence-corrected chi connectivity index (χ4v) is 1.90. The molecule has 88 valence electrons. The van der Waals surface area contributed by atoms with Crippen LogP contribution in [0.5, 0.6) is 0 Å². The molecule has 0 aliphatic carbocycles. The minimum absolute atomic E-state index is 0.183. The Morgan fingerprint density at radius 3 is 2.62 bits per heavy atom. The van der Waals surface area contributed by atoms with Crippen LogP contribution in [0.25, 0.3) is 0 Å². The highest BCUT2D eigenvalue weighted by molar-refractivity contribution is 5.28. The summed E-state index contributed by atoms with van der Waals surface area (Å²) < 4.78 is 37.4. The number of hydrogen-bond donors (Lipinski definition) is 2. The maximum absolute atomic E-state index is 12.5. The smallest absolute Gasteiger partial charge is 0.392 e. The number of halogens is 3. The maximum atomic E-state index is 12.5. The second kappa shape index (κ2) is 4.07. The van der Waals surface area contributed by atoms with E-state index in [0.717, 1.165) is 12.1 Å². The van der Waals surface area contributed by atoms with Crippen molar-refractivity contribution in [1.82, 2.24) is 5.32 Å². The van der Waals surface area contributed by atoms with Crippen molar-refractivity contribution in [3.8, 4) is 0 Å². The molecular weight excluding hydrogens is 219 g/mol. The molecule has 1 aromatic carbocycles. The van der Waals surface area contributed by atoms with Crippen molar-refractivity contribution in [3.63, 3.8) is 0 Å². The Balaban J connectivity index is 2.23. The first-order valence-corrected chi connectivity index (χ1v) is 5.05. The fourth-order valence-electron chi connectivity index (χ4n) is 1.90. The van der Waals surface area contributed by atoms with Gasteiger partial charge in [-0.3, -0.25) is 0 Å². The third-order valence-corrected chi connectivity index (χ3v) is 2.72. The molecule has 1 fully saturated rings. The lowest BCUT2D eigenvalue weighted by Gasteiger charge is -2.13. The monoisotopic (exact) mass is 231 g/mol. The summed E-state index contributed by atoms with van der Waals surface area (Å²) in [7, 11) is 0. The Morgan fingerprint density at radius 1 is 1.31 bits per heavy atom. The zero-order chi connectivity index (χ0) is 11.8. The summed E-state index contributed by atoms with van der Waals surface area (Å²) in [6.07, 6.45) is -4.33. The van der Waals surface area contributed by atoms with Crippen molar-refractivity contribution in [3.05, 3.63) is 35.4 Å². The summed E-state index contributed by atoms with van der Waals surface area (Å²) >= 11 is 0. The van der Waals surface area contributed by atoms with Crippen molar-refractivity contribution < 1.29 is 18.3 Å². The number of rotatable bonds is 1. The molecule has 0 amide bonds. The van der Waals surface area contributed by atoms with Gasteiger partial charge in [0.05, 0.1) is 11.7 Å². The number of hydrogen-bond acceptors (Lipinski definition) is 2. The number of benzene rings is 1. The average molecular weight is 231 g/mol. The van der Waals surface area contributed by atoms with Gasteiger partial charge in [0.2, 0.25) is 0 Å². The zero-order valence-electron chi connectivity index (χ0n) is 8.46. The van der Waals surface area contributed by atoms with Crippen LogP contribution < -0.4 is 5.32 Å². The Labute approximate surface area is 91.1 Å². The first-order chi connectivity index (χ1) is 7.47. The van der Waals surface area contributed by atoms with E-state index in [1.54, 1.807) is 6.07 Å². The highest BCUT2D eigenvalue weighted by Crippen LogP contribution is 2.32. The maximum Gasteiger partial charge on any atom is 0.416 e. The van der Waals surface area contributed by atoms with Gasteiger partial charge < -0.3 is 10.4 Å². The minimum Gasteiger partial charge on any atom is -0.392 e. The third kappa shape index (κ3) is 2.36. The molecule has 0 spiro atoms. The van der Waals surface area contributed by atoms with Crippen molar-refractivity contribution in [1.29, 1.82) is 0 Å². The SMILES string of the molecule is O[C@H]1CN[C@@H](c2cccc(C(F)(F)F)c2)C1. The number of β-amino-alcohol motifs (C(OH)–C–C–N with tert-alkyl or cyclic N) is 1. The molecule has 1 saturated heterocycles. The van der Waals surface area contributed by atoms with E-state index in [4.69, 9.17) is 0 Å². The third-order valence-electron chi connectivity index (χ3n) is 2.72. The summed E-state index contributed by atoms with van der Waals surface area (Å²) in [6.45, 7) is 0.431. The molecule has 2 rings (SSSR count). The summed E-state index contributed by atoms with van der Waals surface area (Å²) in [5.41, 5.74) is -0.0698. The van der Waals surface area contributed by atoms with Crippen molar-refractivity contribution in [2.45, 2.75) is 24.7 Å². The molecule has 2 nitrogen and oxygen atoms in total. The van der Waals surface area contributed by atoms with Crippen LogP contribution in [0, 0.1) is 0 Å². The average Bonchev–Trinajstić information content (AvgIpc) is 2.64. The quantitative estimate of drug-likeness (QED) is 0.775. The van der Waals surface area contributed by atoms with Crippen molar-refractivity contribution in [2.24, 2.45) is 0 Å². The van der Waals surface area contributed by atoms with E-state index < -0.39 is 17.8 Å². The molecule has 2 atom stereocenters. The highest BCUT2D eigenvalue weighted by atomic mass is 19.4. The van der Waals surface area contributed by atoms with Crippen LogP contribution in [-0.2, 0) is 6.18 Å². The van der Waals surface area contributed by atoms with Gasteiger partial charge in [-0.15, -0.1) is 0 Å². The first kappa shape index (κ1) is 11.4. The molecule has 16 heavy (non-hydrogen) atoms. The van der Waals surface area contributed by atoms with Gasteiger partial charge in [0, 0.05) is 12.6 Å². The molecule has 1 heterocycles. The van der Waals surface area contributed by atoms with Gasteiger partial charge in [0.15, 0.2) is 0 Å². The lowest BCUT2D eigenvalue weighted by molar-refractivity contribution is -0.137. The Hall–Kier alpha value is -1.07. The van der Waals surface area contributed by atoms with E-state index >= 15 is 0 Å². The van der Waals surface area contributed by atoms with Gasteiger partial charge in [-0.25, -0.2) is 0 Å². The number of nitrogens with one attached hydrogen (secondary N) is 1. The minimum atomic E-state index is -4.31. The topological polar surface area (TPSA) is 32.3 Å². The molecule has 5 heteroatoms. The lowest BCUT2D eigenvalue weighted by atomic mass is 10.0. The van der Waals surface area contributed by atoms with Crippen LogP contribution in [0.1, 0.15) is 23.6 Å². The molecule has 1 aliphatic rings. The van der Waals surface area contributed by atoms with Gasteiger partial charge in [0.25, 0.3) is 0 Å². The van der Waals surface area contributed by atoms with Crippen molar-refractivity contribution in [2.75, 3.05) is 6.54 Å². The van der Waals surface area contributed by atoms with Crippen LogP contribution in [0.4, 0.5) is 13.2 Å². The van der Waals surface area contributed by atoms with Crippen LogP contribution in [-0.4, -0.2) is 17.8 Å². The Kier molecular flexibility index (Phi) is 2.90. The molecule has 0 aromatic heterocycles. The van der Waals surface area contributed by atoms with Gasteiger partial charge in [0.1, 0.15) is 0 Å². The molecule has 0 bridgehead atoms. The van der Waals surface area contributed by atoms with Gasteiger partial charge >= 0.3 is 6.18 Å². The van der Waals surface area contributed by atoms with E-state index in [9.17, 15) is 18.3 Å². The second-order valence-electron chi connectivity index (χ2n) is 3.97. The number of aliphatic hydroxyl groups excluding tert-OH is 1. The molecular formula is C11H12F3NO. The predicted molar refractivity (Wildman–Crippen MR) is 52.8 cm³/mol. The standard InChI is InChI=1S/C11H12F3NO/c12-11(13,14)8-3-1-2-7(4-8)10-5-9(16)6-15-10/h1-4,9-10,15-16H,5-6H2/t9-,10-/m1/s1. The van der Waals surface area contributed by atoms with Gasteiger partial charge in [-0.05, 0) is 24.1 Å². The van der Waals surface area contributed by atoms with E-state index in [0.29, 0.717) is 18.5 Å². The van der Waals surface area contributed by atoms with Crippen LogP contribution in [0.15, 0.2) is 24.3 Å². The molecule has 2 N–H and O–H groups in total. The Morgan fingerprint density at radius 2 is 2.06 bits per heavy atom. The van der Waals surface area contributed by atoms with Crippen molar-refractivity contribution >= 4 is 0 Å². The van der Waals surface area contributed by atoms with Gasteiger partial charge in [-0.2, -0.15) is 13.2 Å². The summed E-state index contributed by atoms with van der Waals surface area (Å²) in [4.78, 5) is 0. The summed E-state index contributed by atoms with van der Waals surface area (Å²) in [5, 5.41) is 12.3. The molecule has 0 unspecified atom stereocenters. The van der Waals surface area contributed by atoms with Gasteiger partial charge in [-0.1, -0.05) is 12.1 Å². The fraction of sp³-hybridized carbons (Fsp3) is 0.455. The predicted octanol–water partition coefficient (Wildman–Crippen LogP) is 2.10. The summed E-state index contributed by atoms with van der Waals surface area (Å²) in [6, 6.07) is 5.04. The van der Waals surface area contributed by atoms with Crippen LogP contribution >= 0.6 is 0 Å². The number of alkyl halides is 3. The van der Waals surface area contributed by atoms with Crippen LogP contribution in [0.2, 0.25) is 0 Å². The van der Waals surface area contributed by atoms with E-state index in [-0.39, 0.29) is 6.04 Å². The zero-order valence-corrected chi connectivity index (χ0v) is 8.46. The van der Waals surface area contributed by atoms with E-state index in [1.165, 1.54) is 6.07 Å².